The van der Waals surface area contributed by atoms with Gasteiger partial charge in [-0.05, 0) is 36.4 Å². The Hall–Kier alpha value is -4.58. The summed E-state index contributed by atoms with van der Waals surface area (Å²) < 4.78 is 11.2. The highest BCUT2D eigenvalue weighted by Gasteiger charge is 2.21. The van der Waals surface area contributed by atoms with Gasteiger partial charge < -0.3 is 9.47 Å². The molecule has 0 atom stereocenters. The smallest absolute Gasteiger partial charge is 0.344 e. The topological polar surface area (TPSA) is 78.4 Å². The lowest BCUT2D eigenvalue weighted by Crippen LogP contribution is -2.17. The zero-order chi connectivity index (χ0) is 21.9. The van der Waals surface area contributed by atoms with Crippen molar-refractivity contribution in [2.45, 2.75) is 0 Å². The summed E-state index contributed by atoms with van der Waals surface area (Å²) >= 11 is 0. The summed E-state index contributed by atoms with van der Waals surface area (Å²) in [5, 5.41) is 1.68. The minimum Gasteiger partial charge on any atom is -0.421 e. The number of hydrogen-bond acceptors (Lipinski definition) is 6. The molecule has 0 bridgehead atoms. The number of rotatable bonds is 4. The van der Waals surface area contributed by atoms with E-state index in [0.717, 1.165) is 10.8 Å². The first kappa shape index (κ1) is 19.4. The number of hydrogen-bond donors (Lipinski definition) is 0. The van der Waals surface area contributed by atoms with E-state index >= 15 is 0 Å². The predicted molar refractivity (Wildman–Crippen MR) is 120 cm³/mol. The van der Waals surface area contributed by atoms with E-state index in [0.29, 0.717) is 22.5 Å². The number of carbonyl (C=O) groups is 2. The van der Waals surface area contributed by atoms with E-state index in [1.807, 2.05) is 24.3 Å². The van der Waals surface area contributed by atoms with E-state index in [1.165, 1.54) is 12.1 Å². The van der Waals surface area contributed by atoms with E-state index in [1.54, 1.807) is 60.9 Å². The fraction of sp³-hybridized carbons (Fsp3) is 0. The number of para-hydroxylation sites is 2. The largest absolute Gasteiger partial charge is 0.421 e. The average Bonchev–Trinajstić information content (AvgIpc) is 2.84. The molecule has 2 aromatic heterocycles. The highest BCUT2D eigenvalue weighted by molar-refractivity contribution is 6.05. The van der Waals surface area contributed by atoms with Gasteiger partial charge in [-0.25, -0.2) is 9.59 Å². The molecule has 6 nitrogen and oxygen atoms in total. The van der Waals surface area contributed by atoms with Crippen LogP contribution in [0.25, 0.3) is 21.8 Å². The molecule has 0 saturated heterocycles. The Morgan fingerprint density at radius 3 is 1.44 bits per heavy atom. The van der Waals surface area contributed by atoms with Crippen molar-refractivity contribution in [1.82, 2.24) is 9.97 Å². The molecule has 0 unspecified atom stereocenters. The van der Waals surface area contributed by atoms with Gasteiger partial charge in [-0.2, -0.15) is 0 Å². The quantitative estimate of drug-likeness (QED) is 0.293. The SMILES string of the molecule is O=C(Oc1cccc2cccnc12)c1ccccc1C(=O)Oc1cccc2cccnc12. The summed E-state index contributed by atoms with van der Waals surface area (Å²) in [5.74, 6) is -0.720. The molecule has 5 rings (SSSR count). The van der Waals surface area contributed by atoms with Crippen molar-refractivity contribution in [3.05, 3.63) is 108 Å². The van der Waals surface area contributed by atoms with Crippen LogP contribution in [0.5, 0.6) is 11.5 Å². The van der Waals surface area contributed by atoms with Gasteiger partial charge in [-0.15, -0.1) is 0 Å². The molecule has 0 aliphatic rings. The van der Waals surface area contributed by atoms with Crippen molar-refractivity contribution in [2.75, 3.05) is 0 Å². The molecule has 3 aromatic carbocycles. The van der Waals surface area contributed by atoms with Crippen LogP contribution in [0.4, 0.5) is 0 Å². The fourth-order valence-corrected chi connectivity index (χ4v) is 3.47. The van der Waals surface area contributed by atoms with Crippen LogP contribution in [0.15, 0.2) is 97.3 Å². The van der Waals surface area contributed by atoms with E-state index in [-0.39, 0.29) is 11.1 Å². The van der Waals surface area contributed by atoms with Crippen LogP contribution in [-0.4, -0.2) is 21.9 Å². The molecule has 0 amide bonds. The molecule has 6 heteroatoms. The maximum absolute atomic E-state index is 13.0. The summed E-state index contributed by atoms with van der Waals surface area (Å²) in [5.41, 5.74) is 1.31. The Morgan fingerprint density at radius 2 is 0.969 bits per heavy atom. The molecule has 0 radical (unpaired) electrons. The Labute approximate surface area is 183 Å². The van der Waals surface area contributed by atoms with Crippen LogP contribution in [-0.2, 0) is 0 Å². The number of esters is 2. The minimum absolute atomic E-state index is 0.0960. The first-order valence-corrected chi connectivity index (χ1v) is 9.91. The van der Waals surface area contributed by atoms with Crippen LogP contribution < -0.4 is 9.47 Å². The number of aromatic nitrogens is 2. The minimum atomic E-state index is -0.674. The molecule has 2 heterocycles. The van der Waals surface area contributed by atoms with Gasteiger partial charge in [-0.3, -0.25) is 9.97 Å². The Balaban J connectivity index is 1.45. The summed E-state index contributed by atoms with van der Waals surface area (Å²) in [4.78, 5) is 34.5. The molecule has 0 aliphatic carbocycles. The van der Waals surface area contributed by atoms with Gasteiger partial charge in [0.05, 0.1) is 11.1 Å². The predicted octanol–water partition coefficient (Wildman–Crippen LogP) is 5.22. The van der Waals surface area contributed by atoms with Crippen LogP contribution in [0.2, 0.25) is 0 Å². The summed E-state index contributed by atoms with van der Waals surface area (Å²) in [7, 11) is 0. The van der Waals surface area contributed by atoms with Crippen molar-refractivity contribution in [3.8, 4) is 11.5 Å². The third-order valence-corrected chi connectivity index (χ3v) is 4.96. The van der Waals surface area contributed by atoms with Gasteiger partial charge in [0.2, 0.25) is 0 Å². The molecule has 0 saturated carbocycles. The first-order chi connectivity index (χ1) is 15.7. The molecule has 154 valence electrons. The van der Waals surface area contributed by atoms with E-state index in [2.05, 4.69) is 9.97 Å². The highest BCUT2D eigenvalue weighted by Crippen LogP contribution is 2.26. The van der Waals surface area contributed by atoms with Crippen LogP contribution >= 0.6 is 0 Å². The summed E-state index contributed by atoms with van der Waals surface area (Å²) in [6.45, 7) is 0. The standard InChI is InChI=1S/C26H16N2O4/c29-25(31-21-13-3-7-17-9-5-15-27-23(17)21)19-11-1-2-12-20(19)26(30)32-22-14-4-8-18-10-6-16-28-24(18)22/h1-16H. The number of carbonyl (C=O) groups excluding carboxylic acids is 2. The number of ether oxygens (including phenoxy) is 2. The van der Waals surface area contributed by atoms with Crippen LogP contribution in [0, 0.1) is 0 Å². The number of fused-ring (bicyclic) bond motifs is 2. The molecule has 0 N–H and O–H groups in total. The lowest BCUT2D eigenvalue weighted by molar-refractivity contribution is 0.0694. The zero-order valence-corrected chi connectivity index (χ0v) is 16.8. The van der Waals surface area contributed by atoms with Gasteiger partial charge in [0.1, 0.15) is 11.0 Å². The molecule has 0 aliphatic heterocycles. The van der Waals surface area contributed by atoms with E-state index in [9.17, 15) is 9.59 Å². The Morgan fingerprint density at radius 1 is 0.531 bits per heavy atom. The molecule has 0 spiro atoms. The maximum Gasteiger partial charge on any atom is 0.344 e. The second-order valence-electron chi connectivity index (χ2n) is 6.99. The van der Waals surface area contributed by atoms with E-state index in [4.69, 9.17) is 9.47 Å². The molecule has 0 fully saturated rings. The third-order valence-electron chi connectivity index (χ3n) is 4.96. The fourth-order valence-electron chi connectivity index (χ4n) is 3.47. The van der Waals surface area contributed by atoms with Gasteiger partial charge in [0.25, 0.3) is 0 Å². The van der Waals surface area contributed by atoms with Crippen molar-refractivity contribution >= 4 is 33.7 Å². The van der Waals surface area contributed by atoms with Gasteiger partial charge in [-0.1, -0.05) is 48.5 Å². The van der Waals surface area contributed by atoms with Crippen LogP contribution in [0.3, 0.4) is 0 Å². The summed E-state index contributed by atoms with van der Waals surface area (Å²) in [6.07, 6.45) is 3.26. The number of pyridine rings is 2. The molecular weight excluding hydrogens is 404 g/mol. The lowest BCUT2D eigenvalue weighted by Gasteiger charge is -2.11. The normalized spacial score (nSPS) is 10.8. The first-order valence-electron chi connectivity index (χ1n) is 9.91. The Bertz CT molecular complexity index is 1360. The van der Waals surface area contributed by atoms with Crippen molar-refractivity contribution in [1.29, 1.82) is 0 Å². The molecule has 32 heavy (non-hydrogen) atoms. The highest BCUT2D eigenvalue weighted by atomic mass is 16.5. The maximum atomic E-state index is 13.0. The van der Waals surface area contributed by atoms with E-state index < -0.39 is 11.9 Å². The van der Waals surface area contributed by atoms with Crippen LogP contribution in [0.1, 0.15) is 20.7 Å². The van der Waals surface area contributed by atoms with Crippen molar-refractivity contribution in [2.24, 2.45) is 0 Å². The second kappa shape index (κ2) is 8.28. The lowest BCUT2D eigenvalue weighted by atomic mass is 10.1. The second-order valence-corrected chi connectivity index (χ2v) is 6.99. The van der Waals surface area contributed by atoms with Gasteiger partial charge in [0, 0.05) is 23.2 Å². The van der Waals surface area contributed by atoms with Crippen molar-refractivity contribution in [3.63, 3.8) is 0 Å². The monoisotopic (exact) mass is 420 g/mol. The molecule has 5 aromatic rings. The summed E-state index contributed by atoms with van der Waals surface area (Å²) in [6, 6.07) is 24.4. The Kier molecular flexibility index (Phi) is 5.01. The third kappa shape index (κ3) is 3.65. The van der Waals surface area contributed by atoms with Gasteiger partial charge >= 0.3 is 11.9 Å². The number of nitrogens with zero attached hydrogens (tertiary/aromatic N) is 2. The average molecular weight is 420 g/mol. The number of benzene rings is 3. The zero-order valence-electron chi connectivity index (χ0n) is 16.8. The molecular formula is C26H16N2O4. The van der Waals surface area contributed by atoms with Crippen molar-refractivity contribution < 1.29 is 19.1 Å². The van der Waals surface area contributed by atoms with Gasteiger partial charge in [0.15, 0.2) is 11.5 Å².